The molecule has 1 rings (SSSR count). The maximum absolute atomic E-state index is 11.7. The molecule has 0 fully saturated rings. The Hall–Kier alpha value is -1.80. The molecule has 1 heterocycles. The third-order valence-corrected chi connectivity index (χ3v) is 2.66. The first kappa shape index (κ1) is 14.3. The Morgan fingerprint density at radius 2 is 1.78 bits per heavy atom. The zero-order chi connectivity index (χ0) is 13.9. The number of hydrogen-bond acceptors (Lipinski definition) is 6. The fraction of sp³-hybridized carbons (Fsp3) is 0.600. The minimum Gasteiger partial charge on any atom is -0.391 e. The van der Waals surface area contributed by atoms with Gasteiger partial charge in [0, 0.05) is 28.3 Å². The third-order valence-electron chi connectivity index (χ3n) is 2.66. The van der Waals surface area contributed by atoms with Crippen molar-refractivity contribution in [3.63, 3.8) is 0 Å². The third kappa shape index (κ3) is 2.54. The van der Waals surface area contributed by atoms with Crippen LogP contribution in [0.4, 0.5) is 11.5 Å². The minimum atomic E-state index is -0.535. The van der Waals surface area contributed by atoms with Gasteiger partial charge in [-0.2, -0.15) is 0 Å². The topological polar surface area (TPSA) is 101 Å². The van der Waals surface area contributed by atoms with Crippen LogP contribution < -0.4 is 22.3 Å². The highest BCUT2D eigenvalue weighted by atomic mass is 16.7. The average molecular weight is 258 g/mol. The van der Waals surface area contributed by atoms with E-state index in [4.69, 9.17) is 15.2 Å². The predicted octanol–water partition coefficient (Wildman–Crippen LogP) is -1.30. The highest BCUT2D eigenvalue weighted by molar-refractivity contribution is 5.60. The molecular formula is C10H18N4O4. The van der Waals surface area contributed by atoms with Crippen LogP contribution in [0, 0.1) is 0 Å². The van der Waals surface area contributed by atoms with E-state index < -0.39 is 17.5 Å². The van der Waals surface area contributed by atoms with E-state index in [0.29, 0.717) is 0 Å². The standard InChI is InChI=1S/C10H18N4O4/c1-13-8(12-5-6(17-3)18-4)7(11)9(15)14(2)10(13)16/h6,12H,5,11H2,1-4H3. The van der Waals surface area contributed by atoms with Gasteiger partial charge in [-0.15, -0.1) is 0 Å². The van der Waals surface area contributed by atoms with Crippen molar-refractivity contribution in [3.05, 3.63) is 20.8 Å². The average Bonchev–Trinajstić information content (AvgIpc) is 2.38. The molecule has 0 atom stereocenters. The molecule has 18 heavy (non-hydrogen) atoms. The number of nitrogens with one attached hydrogen (secondary N) is 1. The van der Waals surface area contributed by atoms with Gasteiger partial charge >= 0.3 is 5.69 Å². The summed E-state index contributed by atoms with van der Waals surface area (Å²) < 4.78 is 12.2. The molecule has 0 aliphatic heterocycles. The SMILES string of the molecule is COC(CNc1c(N)c(=O)n(C)c(=O)n1C)OC. The van der Waals surface area contributed by atoms with E-state index in [9.17, 15) is 9.59 Å². The van der Waals surface area contributed by atoms with Crippen LogP contribution in [-0.2, 0) is 23.6 Å². The van der Waals surface area contributed by atoms with Crippen LogP contribution >= 0.6 is 0 Å². The van der Waals surface area contributed by atoms with E-state index >= 15 is 0 Å². The molecule has 0 radical (unpaired) electrons. The minimum absolute atomic E-state index is 0.0226. The summed E-state index contributed by atoms with van der Waals surface area (Å²) in [5.41, 5.74) is 4.67. The largest absolute Gasteiger partial charge is 0.391 e. The lowest BCUT2D eigenvalue weighted by molar-refractivity contribution is -0.0914. The molecule has 0 amide bonds. The molecule has 0 aromatic carbocycles. The highest BCUT2D eigenvalue weighted by Gasteiger charge is 2.14. The van der Waals surface area contributed by atoms with Crippen molar-refractivity contribution in [2.45, 2.75) is 6.29 Å². The molecule has 0 spiro atoms. The van der Waals surface area contributed by atoms with Gasteiger partial charge in [-0.25, -0.2) is 4.79 Å². The number of aromatic nitrogens is 2. The maximum atomic E-state index is 11.7. The fourth-order valence-corrected chi connectivity index (χ4v) is 1.53. The highest BCUT2D eigenvalue weighted by Crippen LogP contribution is 2.10. The van der Waals surface area contributed by atoms with E-state index in [0.717, 1.165) is 4.57 Å². The Morgan fingerprint density at radius 3 is 2.28 bits per heavy atom. The van der Waals surface area contributed by atoms with Crippen molar-refractivity contribution in [2.24, 2.45) is 14.1 Å². The molecule has 8 nitrogen and oxygen atoms in total. The number of nitrogens with zero attached hydrogens (tertiary/aromatic N) is 2. The molecule has 0 saturated heterocycles. The van der Waals surface area contributed by atoms with Gasteiger partial charge < -0.3 is 20.5 Å². The lowest BCUT2D eigenvalue weighted by atomic mass is 10.4. The Bertz CT molecular complexity index is 493. The number of nitrogen functional groups attached to an aromatic ring is 1. The Kier molecular flexibility index (Phi) is 4.51. The monoisotopic (exact) mass is 258 g/mol. The second kappa shape index (κ2) is 5.69. The van der Waals surface area contributed by atoms with Crippen LogP contribution in [0.25, 0.3) is 0 Å². The number of ether oxygens (including phenoxy) is 2. The summed E-state index contributed by atoms with van der Waals surface area (Å²) in [5.74, 6) is 0.252. The molecule has 0 aliphatic rings. The summed E-state index contributed by atoms with van der Waals surface area (Å²) >= 11 is 0. The molecule has 0 unspecified atom stereocenters. The van der Waals surface area contributed by atoms with Crippen LogP contribution in [0.3, 0.4) is 0 Å². The van der Waals surface area contributed by atoms with Crippen LogP contribution in [0.2, 0.25) is 0 Å². The van der Waals surface area contributed by atoms with Gasteiger partial charge in [-0.3, -0.25) is 13.9 Å². The van der Waals surface area contributed by atoms with Crippen LogP contribution in [0.5, 0.6) is 0 Å². The number of rotatable bonds is 5. The molecule has 8 heteroatoms. The molecule has 1 aromatic rings. The summed E-state index contributed by atoms with van der Waals surface area (Å²) in [6.07, 6.45) is -0.497. The van der Waals surface area contributed by atoms with Gasteiger partial charge in [-0.05, 0) is 0 Å². The van der Waals surface area contributed by atoms with E-state index in [1.165, 1.54) is 32.9 Å². The molecule has 102 valence electrons. The van der Waals surface area contributed by atoms with Crippen LogP contribution in [0.15, 0.2) is 9.59 Å². The van der Waals surface area contributed by atoms with Gasteiger partial charge in [0.25, 0.3) is 5.56 Å². The van der Waals surface area contributed by atoms with Gasteiger partial charge in [-0.1, -0.05) is 0 Å². The first-order chi connectivity index (χ1) is 8.43. The summed E-state index contributed by atoms with van der Waals surface area (Å²) in [6, 6.07) is 0. The number of anilines is 2. The molecule has 1 aromatic heterocycles. The Balaban J connectivity index is 3.11. The summed E-state index contributed by atoms with van der Waals surface area (Å²) in [7, 11) is 5.87. The second-order valence-electron chi connectivity index (χ2n) is 3.75. The number of nitrogens with two attached hydrogens (primary N) is 1. The summed E-state index contributed by atoms with van der Waals surface area (Å²) in [5, 5.41) is 2.87. The van der Waals surface area contributed by atoms with E-state index in [-0.39, 0.29) is 18.1 Å². The molecular weight excluding hydrogens is 240 g/mol. The van der Waals surface area contributed by atoms with Crippen molar-refractivity contribution in [3.8, 4) is 0 Å². The van der Waals surface area contributed by atoms with Gasteiger partial charge in [0.15, 0.2) is 6.29 Å². The zero-order valence-corrected chi connectivity index (χ0v) is 10.9. The normalized spacial score (nSPS) is 10.9. The first-order valence-electron chi connectivity index (χ1n) is 5.29. The quantitative estimate of drug-likeness (QED) is 0.636. The second-order valence-corrected chi connectivity index (χ2v) is 3.75. The number of methoxy groups -OCH3 is 2. The first-order valence-corrected chi connectivity index (χ1v) is 5.29. The fourth-order valence-electron chi connectivity index (χ4n) is 1.53. The molecule has 0 bridgehead atoms. The van der Waals surface area contributed by atoms with Crippen molar-refractivity contribution in [1.82, 2.24) is 9.13 Å². The van der Waals surface area contributed by atoms with Gasteiger partial charge in [0.2, 0.25) is 0 Å². The van der Waals surface area contributed by atoms with Crippen molar-refractivity contribution >= 4 is 11.5 Å². The Labute approximate surface area is 104 Å². The lowest BCUT2D eigenvalue weighted by Gasteiger charge is -2.18. The van der Waals surface area contributed by atoms with E-state index in [1.807, 2.05) is 0 Å². The van der Waals surface area contributed by atoms with Crippen molar-refractivity contribution in [2.75, 3.05) is 31.8 Å². The smallest absolute Gasteiger partial charge is 0.332 e. The molecule has 0 aliphatic carbocycles. The summed E-state index contributed by atoms with van der Waals surface area (Å²) in [4.78, 5) is 23.4. The molecule has 3 N–H and O–H groups in total. The van der Waals surface area contributed by atoms with E-state index in [1.54, 1.807) is 0 Å². The summed E-state index contributed by atoms with van der Waals surface area (Å²) in [6.45, 7) is 0.262. The van der Waals surface area contributed by atoms with Crippen molar-refractivity contribution in [1.29, 1.82) is 0 Å². The molecule has 0 saturated carbocycles. The lowest BCUT2D eigenvalue weighted by Crippen LogP contribution is -2.40. The predicted molar refractivity (Wildman–Crippen MR) is 67.6 cm³/mol. The zero-order valence-electron chi connectivity index (χ0n) is 10.9. The van der Waals surface area contributed by atoms with Crippen LogP contribution in [-0.4, -0.2) is 36.2 Å². The maximum Gasteiger partial charge on any atom is 0.332 e. The van der Waals surface area contributed by atoms with Gasteiger partial charge in [0.05, 0.1) is 6.54 Å². The number of hydrogen-bond donors (Lipinski definition) is 2. The van der Waals surface area contributed by atoms with Gasteiger partial charge in [0.1, 0.15) is 11.5 Å². The Morgan fingerprint density at radius 1 is 1.22 bits per heavy atom. The van der Waals surface area contributed by atoms with Crippen LogP contribution in [0.1, 0.15) is 0 Å². The van der Waals surface area contributed by atoms with E-state index in [2.05, 4.69) is 5.32 Å². The van der Waals surface area contributed by atoms with Crippen molar-refractivity contribution < 1.29 is 9.47 Å².